The van der Waals surface area contributed by atoms with Crippen molar-refractivity contribution in [2.75, 3.05) is 9.80 Å². The van der Waals surface area contributed by atoms with Gasteiger partial charge in [-0.25, -0.2) is 0 Å². The number of rotatable bonds is 6. The molecular formula is C60H40BN3. The zero-order valence-electron chi connectivity index (χ0n) is 42.4. The molecule has 11 aromatic rings. The standard InChI is InChI=1S/C60H40BN3/c1-4-16-41(17-5-1)44-30-33-47(34-31-44)62-57-28-15-29-58-60(57)61(52-36-35-49(40-59(52)62)63-54-26-12-10-24-50(54)51-25-11-13-27-55(51)63)53-39-46(43-20-8-3-9-21-43)32-37-56(53)64(58)48-23-14-22-45(38-48)42-18-6-2-7-19-42/h1-40H/i10D,11D,12D,13D,24D,25D,26D,27D. The SMILES string of the molecule is [2H]c1c([2H])c([2H])c2c(c1[2H])c1c([2H])c([2H])c([2H])c([2H])c1n2-c1ccc2c(c1)N(c1ccc(-c3ccccc3)cc1)c1cccc3c1B2c1cc(-c2ccccc2)ccc1N3c1cccc(-c2ccccc2)c1. The molecule has 0 N–H and O–H groups in total. The molecule has 13 rings (SSSR count). The summed E-state index contributed by atoms with van der Waals surface area (Å²) in [6, 6.07) is 64.1. The lowest BCUT2D eigenvalue weighted by Gasteiger charge is -2.44. The van der Waals surface area contributed by atoms with E-state index in [1.807, 2.05) is 42.5 Å². The molecular weight excluding hydrogens is 773 g/mol. The molecule has 0 fully saturated rings. The van der Waals surface area contributed by atoms with E-state index in [0.717, 1.165) is 83.9 Å². The Bertz CT molecular complexity index is 3960. The first kappa shape index (κ1) is 29.1. The maximum absolute atomic E-state index is 9.32. The second-order valence-electron chi connectivity index (χ2n) is 16.3. The fraction of sp³-hybridized carbons (Fsp3) is 0. The first-order valence-electron chi connectivity index (χ1n) is 25.5. The number of hydrogen-bond donors (Lipinski definition) is 0. The van der Waals surface area contributed by atoms with Gasteiger partial charge < -0.3 is 14.4 Å². The zero-order chi connectivity index (χ0) is 49.1. The van der Waals surface area contributed by atoms with Gasteiger partial charge >= 0.3 is 0 Å². The molecule has 0 aliphatic carbocycles. The van der Waals surface area contributed by atoms with E-state index in [-0.39, 0.29) is 52.7 Å². The fourth-order valence-corrected chi connectivity index (χ4v) is 10.00. The van der Waals surface area contributed by atoms with Crippen LogP contribution in [-0.2, 0) is 0 Å². The molecule has 10 aromatic carbocycles. The Hall–Kier alpha value is -8.34. The normalized spacial score (nSPS) is 14.3. The predicted octanol–water partition coefficient (Wildman–Crippen LogP) is 13.9. The Balaban J connectivity index is 1.11. The summed E-state index contributed by atoms with van der Waals surface area (Å²) < 4.78 is 73.5. The number of hydrogen-bond acceptors (Lipinski definition) is 2. The molecule has 0 radical (unpaired) electrons. The average molecular weight is 822 g/mol. The maximum atomic E-state index is 9.32. The molecule has 0 saturated carbocycles. The average Bonchev–Trinajstić information content (AvgIpc) is 3.80. The second-order valence-corrected chi connectivity index (χ2v) is 16.3. The van der Waals surface area contributed by atoms with E-state index in [9.17, 15) is 2.74 Å². The van der Waals surface area contributed by atoms with Crippen LogP contribution in [0.4, 0.5) is 34.1 Å². The van der Waals surface area contributed by atoms with E-state index in [0.29, 0.717) is 5.69 Å². The van der Waals surface area contributed by atoms with Crippen LogP contribution in [0.1, 0.15) is 11.0 Å². The molecule has 298 valence electrons. The van der Waals surface area contributed by atoms with Crippen LogP contribution in [0.25, 0.3) is 60.9 Å². The lowest BCUT2D eigenvalue weighted by Crippen LogP contribution is -2.61. The Morgan fingerprint density at radius 2 is 0.828 bits per heavy atom. The third kappa shape index (κ3) is 5.70. The van der Waals surface area contributed by atoms with E-state index in [1.165, 1.54) is 0 Å². The Labute approximate surface area is 384 Å². The molecule has 64 heavy (non-hydrogen) atoms. The van der Waals surface area contributed by atoms with Gasteiger partial charge in [0.15, 0.2) is 0 Å². The minimum Gasteiger partial charge on any atom is -0.311 e. The fourth-order valence-electron chi connectivity index (χ4n) is 10.00. The van der Waals surface area contributed by atoms with Crippen molar-refractivity contribution >= 4 is 79.0 Å². The van der Waals surface area contributed by atoms with Crippen LogP contribution in [0.2, 0.25) is 0 Å². The molecule has 3 nitrogen and oxygen atoms in total. The first-order valence-corrected chi connectivity index (χ1v) is 21.5. The van der Waals surface area contributed by atoms with Crippen LogP contribution >= 0.6 is 0 Å². The molecule has 0 bridgehead atoms. The molecule has 0 spiro atoms. The third-order valence-electron chi connectivity index (χ3n) is 12.8. The monoisotopic (exact) mass is 821 g/mol. The van der Waals surface area contributed by atoms with Gasteiger partial charge in [-0.05, 0) is 116 Å². The van der Waals surface area contributed by atoms with Crippen molar-refractivity contribution in [3.63, 3.8) is 0 Å². The highest BCUT2D eigenvalue weighted by molar-refractivity contribution is 7.00. The molecule has 0 unspecified atom stereocenters. The van der Waals surface area contributed by atoms with Crippen molar-refractivity contribution in [1.82, 2.24) is 4.57 Å². The van der Waals surface area contributed by atoms with E-state index >= 15 is 0 Å². The summed E-state index contributed by atoms with van der Waals surface area (Å²) in [6.45, 7) is -0.292. The van der Waals surface area contributed by atoms with Gasteiger partial charge in [0, 0.05) is 50.6 Å². The van der Waals surface area contributed by atoms with Crippen molar-refractivity contribution in [1.29, 1.82) is 0 Å². The number of nitrogens with zero attached hydrogens (tertiary/aromatic N) is 3. The second kappa shape index (κ2) is 14.6. The van der Waals surface area contributed by atoms with Gasteiger partial charge in [0.25, 0.3) is 6.71 Å². The van der Waals surface area contributed by atoms with Gasteiger partial charge in [0.2, 0.25) is 0 Å². The molecule has 2 aliphatic rings. The van der Waals surface area contributed by atoms with Crippen LogP contribution in [0.3, 0.4) is 0 Å². The van der Waals surface area contributed by atoms with E-state index in [4.69, 9.17) is 8.22 Å². The predicted molar refractivity (Wildman–Crippen MR) is 271 cm³/mol. The minimum atomic E-state index is -0.478. The Morgan fingerprint density at radius 3 is 1.47 bits per heavy atom. The van der Waals surface area contributed by atoms with Gasteiger partial charge in [-0.1, -0.05) is 176 Å². The van der Waals surface area contributed by atoms with Crippen LogP contribution < -0.4 is 26.2 Å². The summed E-state index contributed by atoms with van der Waals surface area (Å²) in [5.74, 6) is 0. The van der Waals surface area contributed by atoms with Gasteiger partial charge in [-0.2, -0.15) is 0 Å². The highest BCUT2D eigenvalue weighted by Gasteiger charge is 2.43. The Morgan fingerprint density at radius 1 is 0.328 bits per heavy atom. The highest BCUT2D eigenvalue weighted by atomic mass is 15.2. The number of benzene rings is 10. The van der Waals surface area contributed by atoms with E-state index in [2.05, 4.69) is 161 Å². The highest BCUT2D eigenvalue weighted by Crippen LogP contribution is 2.46. The molecule has 3 heterocycles. The zero-order valence-corrected chi connectivity index (χ0v) is 34.4. The van der Waals surface area contributed by atoms with Gasteiger partial charge in [-0.15, -0.1) is 0 Å². The van der Waals surface area contributed by atoms with Crippen LogP contribution in [0, 0.1) is 0 Å². The maximum Gasteiger partial charge on any atom is 0.252 e. The molecule has 0 atom stereocenters. The van der Waals surface area contributed by atoms with Crippen LogP contribution in [-0.4, -0.2) is 11.3 Å². The third-order valence-corrected chi connectivity index (χ3v) is 12.8. The van der Waals surface area contributed by atoms with Gasteiger partial charge in [0.05, 0.1) is 22.0 Å². The quantitative estimate of drug-likeness (QED) is 0.155. The van der Waals surface area contributed by atoms with Crippen LogP contribution in [0.5, 0.6) is 0 Å². The van der Waals surface area contributed by atoms with Crippen molar-refractivity contribution in [2.24, 2.45) is 0 Å². The molecule has 1 aromatic heterocycles. The van der Waals surface area contributed by atoms with Gasteiger partial charge in [0.1, 0.15) is 0 Å². The Kier molecular flexibility index (Phi) is 6.65. The summed E-state index contributed by atoms with van der Waals surface area (Å²) in [6.07, 6.45) is 0. The molecule has 2 aliphatic heterocycles. The minimum absolute atomic E-state index is 0.0372. The lowest BCUT2D eigenvalue weighted by atomic mass is 9.33. The largest absolute Gasteiger partial charge is 0.311 e. The molecule has 4 heteroatoms. The summed E-state index contributed by atoms with van der Waals surface area (Å²) in [7, 11) is 0. The van der Waals surface area contributed by atoms with Crippen molar-refractivity contribution in [3.8, 4) is 39.1 Å². The summed E-state index contributed by atoms with van der Waals surface area (Å²) >= 11 is 0. The van der Waals surface area contributed by atoms with Crippen molar-refractivity contribution < 1.29 is 11.0 Å². The smallest absolute Gasteiger partial charge is 0.252 e. The van der Waals surface area contributed by atoms with E-state index in [1.54, 1.807) is 4.57 Å². The lowest BCUT2D eigenvalue weighted by molar-refractivity contribution is 1.17. The van der Waals surface area contributed by atoms with Crippen molar-refractivity contribution in [2.45, 2.75) is 0 Å². The number of fused-ring (bicyclic) bond motifs is 7. The first-order chi connectivity index (χ1) is 35.1. The summed E-state index contributed by atoms with van der Waals surface area (Å²) in [5.41, 5.74) is 16.0. The van der Waals surface area contributed by atoms with Gasteiger partial charge in [-0.3, -0.25) is 0 Å². The van der Waals surface area contributed by atoms with Crippen molar-refractivity contribution in [3.05, 3.63) is 242 Å². The van der Waals surface area contributed by atoms with E-state index < -0.39 is 24.2 Å². The number of para-hydroxylation sites is 2. The number of aromatic nitrogens is 1. The summed E-state index contributed by atoms with van der Waals surface area (Å²) in [4.78, 5) is 4.63. The van der Waals surface area contributed by atoms with Crippen LogP contribution in [0.15, 0.2) is 242 Å². The molecule has 0 saturated heterocycles. The molecule has 0 amide bonds. The summed E-state index contributed by atoms with van der Waals surface area (Å²) in [5, 5.41) is 0.0743. The topological polar surface area (TPSA) is 11.4 Å². The number of anilines is 6.